The number of carbonyl (C=O) groups excluding carboxylic acids is 1. The van der Waals surface area contributed by atoms with Gasteiger partial charge in [-0.15, -0.1) is 0 Å². The molecule has 0 saturated carbocycles. The maximum atomic E-state index is 12.2. The maximum absolute atomic E-state index is 12.2. The van der Waals surface area contributed by atoms with Gasteiger partial charge in [-0.1, -0.05) is 41.4 Å². The maximum Gasteiger partial charge on any atom is 0.256 e. The molecule has 1 N–H and O–H groups in total. The number of nitrogens with one attached hydrogen (secondary N) is 1. The van der Waals surface area contributed by atoms with Crippen LogP contribution < -0.4 is 5.32 Å². The molecular weight excluding hydrogens is 302 g/mol. The highest BCUT2D eigenvalue weighted by Crippen LogP contribution is 2.21. The minimum atomic E-state index is -0.227. The number of hydrogen-bond donors (Lipinski definition) is 1. The number of rotatable bonds is 6. The van der Waals surface area contributed by atoms with Crippen molar-refractivity contribution in [2.24, 2.45) is 0 Å². The first-order chi connectivity index (χ1) is 10.5. The minimum Gasteiger partial charge on any atom is -0.383 e. The largest absolute Gasteiger partial charge is 0.383 e. The first kappa shape index (κ1) is 16.5. The number of carbonyl (C=O) groups is 1. The number of methoxy groups -OCH3 is 1. The van der Waals surface area contributed by atoms with Gasteiger partial charge < -0.3 is 10.1 Å². The van der Waals surface area contributed by atoms with Crippen LogP contribution in [0.3, 0.4) is 0 Å². The molecule has 0 aliphatic carbocycles. The fourth-order valence-corrected chi connectivity index (χ4v) is 2.46. The summed E-state index contributed by atoms with van der Waals surface area (Å²) in [7, 11) is 1.59. The summed E-state index contributed by atoms with van der Waals surface area (Å²) in [6.07, 6.45) is 0. The molecule has 2 rings (SSSR count). The Bertz CT molecular complexity index is 650. The Morgan fingerprint density at radius 3 is 2.64 bits per heavy atom. The van der Waals surface area contributed by atoms with Gasteiger partial charge in [0, 0.05) is 13.7 Å². The van der Waals surface area contributed by atoms with Gasteiger partial charge in [-0.3, -0.25) is 4.79 Å². The van der Waals surface area contributed by atoms with Crippen LogP contribution >= 0.6 is 11.6 Å². The van der Waals surface area contributed by atoms with E-state index < -0.39 is 0 Å². The molecule has 0 aliphatic heterocycles. The smallest absolute Gasteiger partial charge is 0.256 e. The molecule has 1 heterocycles. The Morgan fingerprint density at radius 2 is 2.00 bits per heavy atom. The molecule has 0 unspecified atom stereocenters. The van der Waals surface area contributed by atoms with Crippen molar-refractivity contribution in [1.82, 2.24) is 15.1 Å². The molecule has 5 nitrogen and oxygen atoms in total. The summed E-state index contributed by atoms with van der Waals surface area (Å²) < 4.78 is 6.56. The summed E-state index contributed by atoms with van der Waals surface area (Å²) in [4.78, 5) is 12.2. The van der Waals surface area contributed by atoms with Crippen molar-refractivity contribution in [3.8, 4) is 0 Å². The van der Waals surface area contributed by atoms with E-state index in [1.807, 2.05) is 31.2 Å². The van der Waals surface area contributed by atoms with Crippen molar-refractivity contribution in [2.45, 2.75) is 20.4 Å². The summed E-state index contributed by atoms with van der Waals surface area (Å²) in [6.45, 7) is 5.25. The van der Waals surface area contributed by atoms with Crippen molar-refractivity contribution in [3.05, 3.63) is 51.8 Å². The van der Waals surface area contributed by atoms with E-state index in [4.69, 9.17) is 16.3 Å². The molecule has 0 bridgehead atoms. The van der Waals surface area contributed by atoms with Gasteiger partial charge in [0.05, 0.1) is 24.4 Å². The summed E-state index contributed by atoms with van der Waals surface area (Å²) >= 11 is 6.33. The molecule has 1 aromatic carbocycles. The Kier molecular flexibility index (Phi) is 5.57. The van der Waals surface area contributed by atoms with Crippen LogP contribution in [-0.2, 0) is 11.3 Å². The summed E-state index contributed by atoms with van der Waals surface area (Å²) in [5, 5.41) is 7.49. The number of hydrogen-bond acceptors (Lipinski definition) is 3. The van der Waals surface area contributed by atoms with Crippen LogP contribution in [0.25, 0.3) is 0 Å². The van der Waals surface area contributed by atoms with Gasteiger partial charge in [-0.05, 0) is 19.4 Å². The Balaban J connectivity index is 2.15. The third-order valence-corrected chi connectivity index (χ3v) is 3.72. The minimum absolute atomic E-state index is 0.227. The second-order valence-electron chi connectivity index (χ2n) is 5.14. The zero-order valence-electron chi connectivity index (χ0n) is 13.0. The number of amides is 1. The van der Waals surface area contributed by atoms with Crippen molar-refractivity contribution in [2.75, 3.05) is 20.3 Å². The van der Waals surface area contributed by atoms with Gasteiger partial charge in [0.1, 0.15) is 5.15 Å². The first-order valence-electron chi connectivity index (χ1n) is 7.08. The van der Waals surface area contributed by atoms with E-state index in [0.717, 1.165) is 5.56 Å². The SMILES string of the molecule is COCCNC(=O)c1c(C)nn(Cc2ccc(C)cc2)c1Cl. The van der Waals surface area contributed by atoms with Gasteiger partial charge in [-0.25, -0.2) is 4.68 Å². The molecule has 0 atom stereocenters. The number of halogens is 1. The number of ether oxygens (including phenoxy) is 1. The van der Waals surface area contributed by atoms with Crippen LogP contribution in [0.1, 0.15) is 27.2 Å². The van der Waals surface area contributed by atoms with E-state index in [-0.39, 0.29) is 5.91 Å². The average molecular weight is 322 g/mol. The van der Waals surface area contributed by atoms with E-state index in [1.165, 1.54) is 5.56 Å². The third kappa shape index (κ3) is 3.87. The third-order valence-electron chi connectivity index (χ3n) is 3.34. The van der Waals surface area contributed by atoms with Gasteiger partial charge in [-0.2, -0.15) is 5.10 Å². The summed E-state index contributed by atoms with van der Waals surface area (Å²) in [5.74, 6) is -0.227. The van der Waals surface area contributed by atoms with Crippen molar-refractivity contribution in [3.63, 3.8) is 0 Å². The number of aromatic nitrogens is 2. The van der Waals surface area contributed by atoms with Crippen LogP contribution in [0.4, 0.5) is 0 Å². The Morgan fingerprint density at radius 1 is 1.32 bits per heavy atom. The van der Waals surface area contributed by atoms with Crippen LogP contribution in [0, 0.1) is 13.8 Å². The highest BCUT2D eigenvalue weighted by atomic mass is 35.5. The molecule has 118 valence electrons. The summed E-state index contributed by atoms with van der Waals surface area (Å²) in [5.41, 5.74) is 3.32. The predicted molar refractivity (Wildman–Crippen MR) is 86.5 cm³/mol. The molecule has 0 aliphatic rings. The Hall–Kier alpha value is -1.85. The van der Waals surface area contributed by atoms with E-state index in [2.05, 4.69) is 10.4 Å². The highest BCUT2D eigenvalue weighted by molar-refractivity contribution is 6.33. The molecular formula is C16H20ClN3O2. The molecule has 6 heteroatoms. The highest BCUT2D eigenvalue weighted by Gasteiger charge is 2.20. The molecule has 1 amide bonds. The Labute approximate surface area is 135 Å². The lowest BCUT2D eigenvalue weighted by Crippen LogP contribution is -2.27. The lowest BCUT2D eigenvalue weighted by Gasteiger charge is -2.06. The first-order valence-corrected chi connectivity index (χ1v) is 7.46. The van der Waals surface area contributed by atoms with Crippen molar-refractivity contribution in [1.29, 1.82) is 0 Å². The van der Waals surface area contributed by atoms with E-state index in [1.54, 1.807) is 18.7 Å². The molecule has 0 fully saturated rings. The van der Waals surface area contributed by atoms with Gasteiger partial charge in [0.25, 0.3) is 5.91 Å². The van der Waals surface area contributed by atoms with Crippen LogP contribution in [0.15, 0.2) is 24.3 Å². The predicted octanol–water partition coefficient (Wildman–Crippen LogP) is 2.58. The molecule has 1 aromatic heterocycles. The summed E-state index contributed by atoms with van der Waals surface area (Å²) in [6, 6.07) is 8.14. The molecule has 22 heavy (non-hydrogen) atoms. The lowest BCUT2D eigenvalue weighted by molar-refractivity contribution is 0.0936. The van der Waals surface area contributed by atoms with Crippen molar-refractivity contribution < 1.29 is 9.53 Å². The number of aryl methyl sites for hydroxylation is 2. The topological polar surface area (TPSA) is 56.1 Å². The normalized spacial score (nSPS) is 10.7. The standard InChI is InChI=1S/C16H20ClN3O2/c1-11-4-6-13(7-5-11)10-20-15(17)14(12(2)19-20)16(21)18-8-9-22-3/h4-7H,8-10H2,1-3H3,(H,18,21). The lowest BCUT2D eigenvalue weighted by atomic mass is 10.1. The van der Waals surface area contributed by atoms with Crippen LogP contribution in [0.5, 0.6) is 0 Å². The molecule has 0 spiro atoms. The molecule has 0 saturated heterocycles. The number of nitrogens with zero attached hydrogens (tertiary/aromatic N) is 2. The molecule has 0 radical (unpaired) electrons. The number of benzene rings is 1. The zero-order chi connectivity index (χ0) is 16.1. The van der Waals surface area contributed by atoms with Crippen LogP contribution in [-0.4, -0.2) is 35.9 Å². The van der Waals surface area contributed by atoms with E-state index in [9.17, 15) is 4.79 Å². The monoisotopic (exact) mass is 321 g/mol. The van der Waals surface area contributed by atoms with E-state index in [0.29, 0.717) is 36.1 Å². The quantitative estimate of drug-likeness (QED) is 0.832. The fourth-order valence-electron chi connectivity index (χ4n) is 2.14. The molecule has 2 aromatic rings. The van der Waals surface area contributed by atoms with Gasteiger partial charge >= 0.3 is 0 Å². The van der Waals surface area contributed by atoms with Crippen molar-refractivity contribution >= 4 is 17.5 Å². The zero-order valence-corrected chi connectivity index (χ0v) is 13.8. The van der Waals surface area contributed by atoms with Gasteiger partial charge in [0.2, 0.25) is 0 Å². The second-order valence-corrected chi connectivity index (χ2v) is 5.50. The second kappa shape index (κ2) is 7.42. The fraction of sp³-hybridized carbons (Fsp3) is 0.375. The van der Waals surface area contributed by atoms with Gasteiger partial charge in [0.15, 0.2) is 0 Å². The average Bonchev–Trinajstić information content (AvgIpc) is 2.76. The van der Waals surface area contributed by atoms with E-state index >= 15 is 0 Å². The van der Waals surface area contributed by atoms with Crippen LogP contribution in [0.2, 0.25) is 5.15 Å².